The zero-order chi connectivity index (χ0) is 13.4. The Bertz CT molecular complexity index is 413. The van der Waals surface area contributed by atoms with Crippen molar-refractivity contribution in [1.82, 2.24) is 5.32 Å². The molecule has 0 aliphatic carbocycles. The molecule has 0 aromatic carbocycles. The molecule has 1 N–H and O–H groups in total. The average Bonchev–Trinajstić information content (AvgIpc) is 2.73. The fraction of sp³-hybridized carbons (Fsp3) is 0.667. The molecule has 0 aliphatic rings. The van der Waals surface area contributed by atoms with Crippen molar-refractivity contribution in [2.75, 3.05) is 25.2 Å². The van der Waals surface area contributed by atoms with E-state index < -0.39 is 9.84 Å². The maximum Gasteiger partial charge on any atom is 0.148 e. The van der Waals surface area contributed by atoms with Gasteiger partial charge >= 0.3 is 0 Å². The van der Waals surface area contributed by atoms with Crippen LogP contribution in [0.2, 0.25) is 0 Å². The van der Waals surface area contributed by atoms with Gasteiger partial charge in [-0.15, -0.1) is 0 Å². The summed E-state index contributed by atoms with van der Waals surface area (Å²) < 4.78 is 32.6. The summed E-state index contributed by atoms with van der Waals surface area (Å²) in [5, 5.41) is 3.15. The first-order chi connectivity index (χ1) is 8.47. The van der Waals surface area contributed by atoms with Crippen LogP contribution in [0, 0.1) is 0 Å². The normalized spacial score (nSPS) is 13.7. The summed E-state index contributed by atoms with van der Waals surface area (Å²) >= 11 is 0. The van der Waals surface area contributed by atoms with E-state index in [1.807, 2.05) is 19.1 Å². The largest absolute Gasteiger partial charge is 0.467 e. The Labute approximate surface area is 108 Å². The third-order valence-corrected chi connectivity index (χ3v) is 3.44. The Balaban J connectivity index is 1.98. The van der Waals surface area contributed by atoms with Gasteiger partial charge in [0.15, 0.2) is 0 Å². The highest BCUT2D eigenvalue weighted by Gasteiger charge is 2.08. The number of ether oxygens (including phenoxy) is 1. The Kier molecular flexibility index (Phi) is 6.38. The third kappa shape index (κ3) is 7.47. The summed E-state index contributed by atoms with van der Waals surface area (Å²) in [7, 11) is -2.91. The van der Waals surface area contributed by atoms with Crippen molar-refractivity contribution in [2.24, 2.45) is 0 Å². The molecule has 1 aromatic rings. The van der Waals surface area contributed by atoms with Gasteiger partial charge in [0.2, 0.25) is 0 Å². The summed E-state index contributed by atoms with van der Waals surface area (Å²) in [6.07, 6.45) is 3.71. The van der Waals surface area contributed by atoms with E-state index in [0.717, 1.165) is 18.7 Å². The first-order valence-electron chi connectivity index (χ1n) is 5.98. The lowest BCUT2D eigenvalue weighted by molar-refractivity contribution is 0.104. The molecular formula is C12H21NO4S. The molecule has 1 heterocycles. The lowest BCUT2D eigenvalue weighted by atomic mass is 10.3. The second kappa shape index (κ2) is 7.56. The molecule has 6 heteroatoms. The summed E-state index contributed by atoms with van der Waals surface area (Å²) in [4.78, 5) is 0. The molecule has 104 valence electrons. The van der Waals surface area contributed by atoms with Crippen LogP contribution in [0.4, 0.5) is 0 Å². The Morgan fingerprint density at radius 3 is 2.89 bits per heavy atom. The fourth-order valence-corrected chi connectivity index (χ4v) is 2.63. The molecule has 0 fully saturated rings. The molecule has 0 bridgehead atoms. The zero-order valence-corrected chi connectivity index (χ0v) is 11.7. The number of sulfone groups is 1. The molecule has 0 radical (unpaired) electrons. The van der Waals surface area contributed by atoms with E-state index in [2.05, 4.69) is 5.32 Å². The van der Waals surface area contributed by atoms with Gasteiger partial charge in [-0.1, -0.05) is 0 Å². The monoisotopic (exact) mass is 275 g/mol. The fourth-order valence-electron chi connectivity index (χ4n) is 1.60. The van der Waals surface area contributed by atoms with Crippen molar-refractivity contribution in [2.45, 2.75) is 26.0 Å². The van der Waals surface area contributed by atoms with Gasteiger partial charge in [0.1, 0.15) is 22.2 Å². The van der Waals surface area contributed by atoms with E-state index in [-0.39, 0.29) is 11.8 Å². The van der Waals surface area contributed by atoms with E-state index in [1.165, 1.54) is 6.26 Å². The van der Waals surface area contributed by atoms with Gasteiger partial charge in [-0.2, -0.15) is 0 Å². The van der Waals surface area contributed by atoms with Crippen LogP contribution in [0.3, 0.4) is 0 Å². The van der Waals surface area contributed by atoms with E-state index in [4.69, 9.17) is 9.15 Å². The van der Waals surface area contributed by atoms with E-state index in [1.54, 1.807) is 6.26 Å². The predicted molar refractivity (Wildman–Crippen MR) is 70.2 cm³/mol. The standard InChI is InChI=1S/C12H21NO4S/c1-11(10-18(2,14)15)13-6-4-7-16-9-12-5-3-8-17-12/h3,5,8,11,13H,4,6-7,9-10H2,1-2H3. The van der Waals surface area contributed by atoms with Crippen molar-refractivity contribution in [1.29, 1.82) is 0 Å². The minimum Gasteiger partial charge on any atom is -0.467 e. The highest BCUT2D eigenvalue weighted by atomic mass is 32.2. The van der Waals surface area contributed by atoms with Crippen molar-refractivity contribution >= 4 is 9.84 Å². The highest BCUT2D eigenvalue weighted by molar-refractivity contribution is 7.90. The summed E-state index contributed by atoms with van der Waals surface area (Å²) in [5.41, 5.74) is 0. The topological polar surface area (TPSA) is 68.5 Å². The maximum absolute atomic E-state index is 11.0. The smallest absolute Gasteiger partial charge is 0.148 e. The average molecular weight is 275 g/mol. The Hall–Kier alpha value is -0.850. The number of hydrogen-bond donors (Lipinski definition) is 1. The molecule has 0 amide bonds. The van der Waals surface area contributed by atoms with Crippen LogP contribution in [-0.2, 0) is 21.2 Å². The van der Waals surface area contributed by atoms with Crippen molar-refractivity contribution in [3.05, 3.63) is 24.2 Å². The second-order valence-electron chi connectivity index (χ2n) is 4.43. The lowest BCUT2D eigenvalue weighted by Gasteiger charge is -2.12. The molecule has 0 saturated carbocycles. The molecule has 0 spiro atoms. The van der Waals surface area contributed by atoms with Crippen LogP contribution in [0.15, 0.2) is 22.8 Å². The molecule has 1 rings (SSSR count). The van der Waals surface area contributed by atoms with Crippen LogP contribution < -0.4 is 5.32 Å². The molecule has 0 saturated heterocycles. The minimum atomic E-state index is -2.91. The molecule has 1 aromatic heterocycles. The Morgan fingerprint density at radius 2 is 2.28 bits per heavy atom. The van der Waals surface area contributed by atoms with Crippen LogP contribution in [-0.4, -0.2) is 39.6 Å². The van der Waals surface area contributed by atoms with Crippen molar-refractivity contribution in [3.63, 3.8) is 0 Å². The molecular weight excluding hydrogens is 254 g/mol. The summed E-state index contributed by atoms with van der Waals surface area (Å²) in [6.45, 7) is 3.71. The molecule has 1 atom stereocenters. The molecule has 1 unspecified atom stereocenters. The van der Waals surface area contributed by atoms with Gasteiger partial charge in [-0.25, -0.2) is 8.42 Å². The predicted octanol–water partition coefficient (Wildman–Crippen LogP) is 1.21. The van der Waals surface area contributed by atoms with E-state index >= 15 is 0 Å². The van der Waals surface area contributed by atoms with Crippen molar-refractivity contribution < 1.29 is 17.6 Å². The SMILES string of the molecule is CC(CS(C)(=O)=O)NCCCOCc1ccco1. The second-order valence-corrected chi connectivity index (χ2v) is 6.62. The first kappa shape index (κ1) is 15.2. The zero-order valence-electron chi connectivity index (χ0n) is 10.9. The molecule has 5 nitrogen and oxygen atoms in total. The van der Waals surface area contributed by atoms with Gasteiger partial charge in [-0.05, 0) is 32.0 Å². The number of rotatable bonds is 9. The van der Waals surface area contributed by atoms with E-state index in [9.17, 15) is 8.42 Å². The molecule has 0 aliphatic heterocycles. The van der Waals surface area contributed by atoms with Gasteiger partial charge in [0.25, 0.3) is 0 Å². The van der Waals surface area contributed by atoms with Gasteiger partial charge in [-0.3, -0.25) is 0 Å². The van der Waals surface area contributed by atoms with Crippen molar-refractivity contribution in [3.8, 4) is 0 Å². The lowest BCUT2D eigenvalue weighted by Crippen LogP contribution is -2.33. The minimum absolute atomic E-state index is 0.0231. The van der Waals surface area contributed by atoms with Crippen LogP contribution in [0.1, 0.15) is 19.1 Å². The van der Waals surface area contributed by atoms with Crippen LogP contribution >= 0.6 is 0 Å². The maximum atomic E-state index is 11.0. The highest BCUT2D eigenvalue weighted by Crippen LogP contribution is 2.01. The number of hydrogen-bond acceptors (Lipinski definition) is 5. The number of furan rings is 1. The summed E-state index contributed by atoms with van der Waals surface area (Å²) in [5.74, 6) is 0.980. The van der Waals surface area contributed by atoms with Gasteiger partial charge in [0.05, 0.1) is 12.0 Å². The van der Waals surface area contributed by atoms with Gasteiger partial charge < -0.3 is 14.5 Å². The quantitative estimate of drug-likeness (QED) is 0.686. The first-order valence-corrected chi connectivity index (χ1v) is 8.04. The van der Waals surface area contributed by atoms with Gasteiger partial charge in [0, 0.05) is 18.9 Å². The van der Waals surface area contributed by atoms with E-state index in [0.29, 0.717) is 13.2 Å². The molecule has 18 heavy (non-hydrogen) atoms. The Morgan fingerprint density at radius 1 is 1.50 bits per heavy atom. The van der Waals surface area contributed by atoms with Crippen LogP contribution in [0.5, 0.6) is 0 Å². The number of nitrogens with one attached hydrogen (secondary N) is 1. The third-order valence-electron chi connectivity index (χ3n) is 2.34. The summed E-state index contributed by atoms with van der Waals surface area (Å²) in [6, 6.07) is 3.67. The van der Waals surface area contributed by atoms with Crippen LogP contribution in [0.25, 0.3) is 0 Å².